The van der Waals surface area contributed by atoms with Crippen molar-refractivity contribution < 1.29 is 4.39 Å². The first-order valence-corrected chi connectivity index (χ1v) is 6.17. The normalized spacial score (nSPS) is 24.2. The Morgan fingerprint density at radius 3 is 2.94 bits per heavy atom. The molecule has 1 aliphatic carbocycles. The van der Waals surface area contributed by atoms with E-state index in [2.05, 4.69) is 11.4 Å². The molecule has 0 saturated heterocycles. The zero-order valence-corrected chi connectivity index (χ0v) is 9.82. The van der Waals surface area contributed by atoms with Gasteiger partial charge in [0.05, 0.1) is 12.0 Å². The van der Waals surface area contributed by atoms with E-state index >= 15 is 0 Å². The Bertz CT molecular complexity index is 411. The van der Waals surface area contributed by atoms with Crippen LogP contribution in [-0.2, 0) is 6.54 Å². The summed E-state index contributed by atoms with van der Waals surface area (Å²) in [6, 6.07) is 9.23. The number of rotatable bonds is 3. The van der Waals surface area contributed by atoms with Gasteiger partial charge in [-0.05, 0) is 30.5 Å². The molecule has 17 heavy (non-hydrogen) atoms. The van der Waals surface area contributed by atoms with Crippen molar-refractivity contribution in [1.82, 2.24) is 5.32 Å². The molecule has 0 radical (unpaired) electrons. The molecule has 0 spiro atoms. The Hall–Kier alpha value is -1.40. The molecule has 2 unspecified atom stereocenters. The van der Waals surface area contributed by atoms with E-state index in [1.54, 1.807) is 6.07 Å². The second-order valence-electron chi connectivity index (χ2n) is 4.64. The van der Waals surface area contributed by atoms with Gasteiger partial charge < -0.3 is 5.32 Å². The Kier molecular flexibility index (Phi) is 4.11. The van der Waals surface area contributed by atoms with Crippen LogP contribution in [0.1, 0.15) is 31.2 Å². The maximum Gasteiger partial charge on any atom is 0.123 e. The van der Waals surface area contributed by atoms with Crippen molar-refractivity contribution in [2.45, 2.75) is 38.3 Å². The van der Waals surface area contributed by atoms with Crippen molar-refractivity contribution in [1.29, 1.82) is 5.26 Å². The minimum absolute atomic E-state index is 0.109. The van der Waals surface area contributed by atoms with E-state index in [4.69, 9.17) is 5.26 Å². The van der Waals surface area contributed by atoms with E-state index in [0.717, 1.165) is 24.8 Å². The fourth-order valence-corrected chi connectivity index (χ4v) is 2.43. The molecule has 1 aliphatic rings. The zero-order chi connectivity index (χ0) is 12.1. The number of hydrogen-bond acceptors (Lipinski definition) is 2. The van der Waals surface area contributed by atoms with Crippen LogP contribution >= 0.6 is 0 Å². The topological polar surface area (TPSA) is 35.8 Å². The second-order valence-corrected chi connectivity index (χ2v) is 4.64. The van der Waals surface area contributed by atoms with Crippen LogP contribution in [0.25, 0.3) is 0 Å². The fraction of sp³-hybridized carbons (Fsp3) is 0.500. The third kappa shape index (κ3) is 3.28. The van der Waals surface area contributed by atoms with Crippen LogP contribution in [0.2, 0.25) is 0 Å². The van der Waals surface area contributed by atoms with Gasteiger partial charge in [-0.1, -0.05) is 25.0 Å². The summed E-state index contributed by atoms with van der Waals surface area (Å²) in [4.78, 5) is 0. The fourth-order valence-electron chi connectivity index (χ4n) is 2.43. The van der Waals surface area contributed by atoms with Crippen LogP contribution in [0.4, 0.5) is 4.39 Å². The van der Waals surface area contributed by atoms with Crippen LogP contribution in [0.15, 0.2) is 24.3 Å². The number of nitriles is 1. The molecule has 0 bridgehead atoms. The van der Waals surface area contributed by atoms with Crippen LogP contribution in [0, 0.1) is 23.1 Å². The molecule has 1 N–H and O–H groups in total. The van der Waals surface area contributed by atoms with Gasteiger partial charge in [0.15, 0.2) is 0 Å². The van der Waals surface area contributed by atoms with E-state index in [0.29, 0.717) is 6.54 Å². The third-order valence-electron chi connectivity index (χ3n) is 3.39. The Morgan fingerprint density at radius 2 is 2.18 bits per heavy atom. The van der Waals surface area contributed by atoms with Gasteiger partial charge in [0.2, 0.25) is 0 Å². The van der Waals surface area contributed by atoms with E-state index in [9.17, 15) is 4.39 Å². The number of nitrogens with one attached hydrogen (secondary N) is 1. The summed E-state index contributed by atoms with van der Waals surface area (Å²) < 4.78 is 13.0. The summed E-state index contributed by atoms with van der Waals surface area (Å²) in [6.45, 7) is 0.639. The molecule has 2 atom stereocenters. The molecule has 90 valence electrons. The molecular formula is C14H17FN2. The Labute approximate surface area is 101 Å². The molecule has 0 heterocycles. The lowest BCUT2D eigenvalue weighted by Crippen LogP contribution is -2.37. The Morgan fingerprint density at radius 1 is 1.35 bits per heavy atom. The first kappa shape index (κ1) is 12.1. The molecule has 1 aromatic rings. The molecule has 2 nitrogen and oxygen atoms in total. The highest BCUT2D eigenvalue weighted by Crippen LogP contribution is 2.24. The standard InChI is InChI=1S/C14H17FN2/c15-13-6-3-4-11(8-13)10-17-14-7-2-1-5-12(14)9-16/h3-4,6,8,12,14,17H,1-2,5,7,10H2. The number of benzene rings is 1. The van der Waals surface area contributed by atoms with Gasteiger partial charge in [-0.2, -0.15) is 5.26 Å². The molecule has 0 aromatic heterocycles. The van der Waals surface area contributed by atoms with Gasteiger partial charge >= 0.3 is 0 Å². The maximum atomic E-state index is 13.0. The summed E-state index contributed by atoms with van der Waals surface area (Å²) >= 11 is 0. The average Bonchev–Trinajstić information content (AvgIpc) is 2.37. The Balaban J connectivity index is 1.91. The minimum atomic E-state index is -0.204. The molecule has 3 heteroatoms. The van der Waals surface area contributed by atoms with Crippen LogP contribution in [0.3, 0.4) is 0 Å². The summed E-state index contributed by atoms with van der Waals surface area (Å²) in [5.41, 5.74) is 0.937. The third-order valence-corrected chi connectivity index (χ3v) is 3.39. The minimum Gasteiger partial charge on any atom is -0.309 e. The van der Waals surface area contributed by atoms with Crippen molar-refractivity contribution in [3.05, 3.63) is 35.6 Å². The highest BCUT2D eigenvalue weighted by molar-refractivity contribution is 5.16. The lowest BCUT2D eigenvalue weighted by molar-refractivity contribution is 0.311. The summed E-state index contributed by atoms with van der Waals surface area (Å²) in [6.07, 6.45) is 4.36. The summed E-state index contributed by atoms with van der Waals surface area (Å²) in [5, 5.41) is 12.4. The van der Waals surface area contributed by atoms with E-state index in [1.807, 2.05) is 6.07 Å². The maximum absolute atomic E-state index is 13.0. The first-order chi connectivity index (χ1) is 8.29. The van der Waals surface area contributed by atoms with E-state index in [-0.39, 0.29) is 17.8 Å². The first-order valence-electron chi connectivity index (χ1n) is 6.17. The van der Waals surface area contributed by atoms with Crippen molar-refractivity contribution in [3.8, 4) is 6.07 Å². The number of nitrogens with zero attached hydrogens (tertiary/aromatic N) is 1. The van der Waals surface area contributed by atoms with Crippen molar-refractivity contribution in [3.63, 3.8) is 0 Å². The second kappa shape index (κ2) is 5.79. The van der Waals surface area contributed by atoms with Crippen molar-refractivity contribution in [2.75, 3.05) is 0 Å². The van der Waals surface area contributed by atoms with Crippen LogP contribution in [-0.4, -0.2) is 6.04 Å². The number of halogens is 1. The van der Waals surface area contributed by atoms with Gasteiger partial charge in [0, 0.05) is 12.6 Å². The highest BCUT2D eigenvalue weighted by atomic mass is 19.1. The molecule has 1 aromatic carbocycles. The van der Waals surface area contributed by atoms with Crippen LogP contribution < -0.4 is 5.32 Å². The molecule has 0 amide bonds. The van der Waals surface area contributed by atoms with Gasteiger partial charge in [0.25, 0.3) is 0 Å². The quantitative estimate of drug-likeness (QED) is 0.869. The van der Waals surface area contributed by atoms with Crippen molar-refractivity contribution in [2.24, 2.45) is 5.92 Å². The molecule has 1 fully saturated rings. The summed E-state index contributed by atoms with van der Waals surface area (Å²) in [7, 11) is 0. The largest absolute Gasteiger partial charge is 0.309 e. The molecule has 0 aliphatic heterocycles. The van der Waals surface area contributed by atoms with Gasteiger partial charge in [-0.25, -0.2) is 4.39 Å². The average molecular weight is 232 g/mol. The predicted octanol–water partition coefficient (Wildman–Crippen LogP) is 3.00. The van der Waals surface area contributed by atoms with Crippen LogP contribution in [0.5, 0.6) is 0 Å². The number of hydrogen-bond donors (Lipinski definition) is 1. The van der Waals surface area contributed by atoms with Gasteiger partial charge in [0.1, 0.15) is 5.82 Å². The molecule has 2 rings (SSSR count). The molecular weight excluding hydrogens is 215 g/mol. The van der Waals surface area contributed by atoms with E-state index < -0.39 is 0 Å². The zero-order valence-electron chi connectivity index (χ0n) is 9.82. The SMILES string of the molecule is N#CC1CCCCC1NCc1cccc(F)c1. The van der Waals surface area contributed by atoms with Gasteiger partial charge in [-0.15, -0.1) is 0 Å². The lowest BCUT2D eigenvalue weighted by Gasteiger charge is -2.27. The highest BCUT2D eigenvalue weighted by Gasteiger charge is 2.24. The monoisotopic (exact) mass is 232 g/mol. The lowest BCUT2D eigenvalue weighted by atomic mass is 9.85. The van der Waals surface area contributed by atoms with Crippen molar-refractivity contribution >= 4 is 0 Å². The van der Waals surface area contributed by atoms with E-state index in [1.165, 1.54) is 18.6 Å². The molecule has 1 saturated carbocycles. The predicted molar refractivity (Wildman–Crippen MR) is 64.6 cm³/mol. The summed E-state index contributed by atoms with van der Waals surface area (Å²) in [5.74, 6) is -0.0953. The van der Waals surface area contributed by atoms with Gasteiger partial charge in [-0.3, -0.25) is 0 Å². The smallest absolute Gasteiger partial charge is 0.123 e.